The van der Waals surface area contributed by atoms with E-state index in [1.807, 2.05) is 41.2 Å². The van der Waals surface area contributed by atoms with Crippen molar-refractivity contribution >= 4 is 16.9 Å². The summed E-state index contributed by atoms with van der Waals surface area (Å²) in [6, 6.07) is 10.0. The fraction of sp³-hybridized carbons (Fsp3) is 0.353. The van der Waals surface area contributed by atoms with E-state index in [4.69, 9.17) is 10.7 Å². The second-order valence-electron chi connectivity index (χ2n) is 5.58. The summed E-state index contributed by atoms with van der Waals surface area (Å²) in [5.41, 5.74) is 7.42. The molecule has 0 aliphatic carbocycles. The van der Waals surface area contributed by atoms with E-state index in [1.54, 1.807) is 0 Å². The third-order valence-corrected chi connectivity index (χ3v) is 3.94. The SMILES string of the molecule is CCC(C)c1nc(NCCN)c2cnn(-c3ccccc3)c2n1. The van der Waals surface area contributed by atoms with Crippen LogP contribution in [0.1, 0.15) is 32.0 Å². The zero-order chi connectivity index (χ0) is 16.2. The molecule has 1 aromatic carbocycles. The lowest BCUT2D eigenvalue weighted by atomic mass is 10.1. The fourth-order valence-electron chi connectivity index (χ4n) is 2.41. The van der Waals surface area contributed by atoms with E-state index in [-0.39, 0.29) is 5.92 Å². The van der Waals surface area contributed by atoms with Crippen LogP contribution in [0.15, 0.2) is 36.5 Å². The molecule has 3 N–H and O–H groups in total. The monoisotopic (exact) mass is 310 g/mol. The van der Waals surface area contributed by atoms with Crippen molar-refractivity contribution in [1.82, 2.24) is 19.7 Å². The lowest BCUT2D eigenvalue weighted by Gasteiger charge is -2.12. The first-order valence-electron chi connectivity index (χ1n) is 7.99. The topological polar surface area (TPSA) is 81.6 Å². The van der Waals surface area contributed by atoms with Gasteiger partial charge in [0.05, 0.1) is 17.3 Å². The molecule has 0 saturated carbocycles. The van der Waals surface area contributed by atoms with Gasteiger partial charge in [-0.1, -0.05) is 32.0 Å². The van der Waals surface area contributed by atoms with Crippen LogP contribution in [0.4, 0.5) is 5.82 Å². The normalized spacial score (nSPS) is 12.5. The summed E-state index contributed by atoms with van der Waals surface area (Å²) in [6.45, 7) is 5.50. The fourth-order valence-corrected chi connectivity index (χ4v) is 2.41. The summed E-state index contributed by atoms with van der Waals surface area (Å²) < 4.78 is 1.86. The summed E-state index contributed by atoms with van der Waals surface area (Å²) in [5, 5.41) is 8.71. The number of nitrogens with two attached hydrogens (primary N) is 1. The summed E-state index contributed by atoms with van der Waals surface area (Å²) in [4.78, 5) is 9.45. The van der Waals surface area contributed by atoms with Gasteiger partial charge in [-0.25, -0.2) is 14.6 Å². The third kappa shape index (κ3) is 3.03. The number of nitrogens with one attached hydrogen (secondary N) is 1. The standard InChI is InChI=1S/C17H22N6/c1-3-12(2)15-21-16(19-10-9-18)14-11-20-23(17(14)22-15)13-7-5-4-6-8-13/h4-8,11-12H,3,9-10,18H2,1-2H3,(H,19,21,22). The van der Waals surface area contributed by atoms with E-state index in [0.717, 1.165) is 34.8 Å². The number of rotatable bonds is 6. The van der Waals surface area contributed by atoms with E-state index >= 15 is 0 Å². The molecule has 0 aliphatic heterocycles. The van der Waals surface area contributed by atoms with Gasteiger partial charge in [0.2, 0.25) is 0 Å². The summed E-state index contributed by atoms with van der Waals surface area (Å²) in [7, 11) is 0. The van der Waals surface area contributed by atoms with Crippen LogP contribution in [-0.2, 0) is 0 Å². The molecule has 120 valence electrons. The van der Waals surface area contributed by atoms with Crippen molar-refractivity contribution in [1.29, 1.82) is 0 Å². The van der Waals surface area contributed by atoms with Crippen molar-refractivity contribution in [3.63, 3.8) is 0 Å². The number of fused-ring (bicyclic) bond motifs is 1. The van der Waals surface area contributed by atoms with Crippen LogP contribution in [0, 0.1) is 0 Å². The number of hydrogen-bond donors (Lipinski definition) is 2. The molecular weight excluding hydrogens is 288 g/mol. The molecule has 2 heterocycles. The Morgan fingerprint density at radius 3 is 2.70 bits per heavy atom. The molecule has 6 nitrogen and oxygen atoms in total. The molecule has 2 aromatic heterocycles. The van der Waals surface area contributed by atoms with E-state index in [0.29, 0.717) is 13.1 Å². The minimum absolute atomic E-state index is 0.289. The van der Waals surface area contributed by atoms with E-state index in [9.17, 15) is 0 Å². The predicted molar refractivity (Wildman–Crippen MR) is 92.9 cm³/mol. The van der Waals surface area contributed by atoms with E-state index in [1.165, 1.54) is 0 Å². The molecule has 23 heavy (non-hydrogen) atoms. The third-order valence-electron chi connectivity index (χ3n) is 3.94. The molecule has 6 heteroatoms. The van der Waals surface area contributed by atoms with Gasteiger partial charge >= 0.3 is 0 Å². The van der Waals surface area contributed by atoms with E-state index < -0.39 is 0 Å². The molecule has 1 atom stereocenters. The van der Waals surface area contributed by atoms with Gasteiger partial charge in [0.25, 0.3) is 0 Å². The average Bonchev–Trinajstić information content (AvgIpc) is 3.03. The highest BCUT2D eigenvalue weighted by Crippen LogP contribution is 2.25. The largest absolute Gasteiger partial charge is 0.368 e. The van der Waals surface area contributed by atoms with Crippen LogP contribution in [0.3, 0.4) is 0 Å². The van der Waals surface area contributed by atoms with Crippen molar-refractivity contribution in [2.24, 2.45) is 5.73 Å². The minimum atomic E-state index is 0.289. The molecule has 0 radical (unpaired) electrons. The molecule has 3 rings (SSSR count). The van der Waals surface area contributed by atoms with Gasteiger partial charge in [-0.3, -0.25) is 0 Å². The quantitative estimate of drug-likeness (QED) is 0.731. The zero-order valence-electron chi connectivity index (χ0n) is 13.5. The summed E-state index contributed by atoms with van der Waals surface area (Å²) >= 11 is 0. The molecule has 1 unspecified atom stereocenters. The predicted octanol–water partition coefficient (Wildman–Crippen LogP) is 2.70. The number of benzene rings is 1. The van der Waals surface area contributed by atoms with Gasteiger partial charge in [0.15, 0.2) is 5.65 Å². The Morgan fingerprint density at radius 2 is 2.00 bits per heavy atom. The number of nitrogens with zero attached hydrogens (tertiary/aromatic N) is 4. The van der Waals surface area contributed by atoms with Crippen LogP contribution in [0.5, 0.6) is 0 Å². The Morgan fingerprint density at radius 1 is 1.22 bits per heavy atom. The number of aromatic nitrogens is 4. The number of para-hydroxylation sites is 1. The molecular formula is C17H22N6. The van der Waals surface area contributed by atoms with Gasteiger partial charge in [-0.2, -0.15) is 5.10 Å². The molecule has 0 amide bonds. The Kier molecular flexibility index (Phi) is 4.52. The maximum absolute atomic E-state index is 5.61. The highest BCUT2D eigenvalue weighted by Gasteiger charge is 2.16. The first-order chi connectivity index (χ1) is 11.2. The zero-order valence-corrected chi connectivity index (χ0v) is 13.5. The van der Waals surface area contributed by atoms with Gasteiger partial charge in [-0.15, -0.1) is 0 Å². The Balaban J connectivity index is 2.17. The number of hydrogen-bond acceptors (Lipinski definition) is 5. The Hall–Kier alpha value is -2.47. The first-order valence-corrected chi connectivity index (χ1v) is 7.99. The second-order valence-corrected chi connectivity index (χ2v) is 5.58. The highest BCUT2D eigenvalue weighted by atomic mass is 15.3. The van der Waals surface area contributed by atoms with Crippen LogP contribution < -0.4 is 11.1 Å². The average molecular weight is 310 g/mol. The van der Waals surface area contributed by atoms with Crippen LogP contribution in [0.2, 0.25) is 0 Å². The van der Waals surface area contributed by atoms with Crippen molar-refractivity contribution in [3.8, 4) is 5.69 Å². The van der Waals surface area contributed by atoms with Crippen LogP contribution >= 0.6 is 0 Å². The lowest BCUT2D eigenvalue weighted by Crippen LogP contribution is -2.15. The van der Waals surface area contributed by atoms with Crippen LogP contribution in [0.25, 0.3) is 16.7 Å². The highest BCUT2D eigenvalue weighted by molar-refractivity contribution is 5.87. The first kappa shape index (κ1) is 15.4. The molecule has 3 aromatic rings. The molecule has 0 spiro atoms. The van der Waals surface area contributed by atoms with Crippen LogP contribution in [-0.4, -0.2) is 32.8 Å². The maximum atomic E-state index is 5.61. The van der Waals surface area contributed by atoms with Crippen molar-refractivity contribution in [2.45, 2.75) is 26.2 Å². The molecule has 0 fully saturated rings. The summed E-state index contributed by atoms with van der Waals surface area (Å²) in [6.07, 6.45) is 2.79. The summed E-state index contributed by atoms with van der Waals surface area (Å²) in [5.74, 6) is 1.92. The van der Waals surface area contributed by atoms with Gasteiger partial charge < -0.3 is 11.1 Å². The minimum Gasteiger partial charge on any atom is -0.368 e. The Bertz CT molecular complexity index is 780. The van der Waals surface area contributed by atoms with Gasteiger partial charge in [0.1, 0.15) is 11.6 Å². The molecule has 0 bridgehead atoms. The maximum Gasteiger partial charge on any atom is 0.168 e. The lowest BCUT2D eigenvalue weighted by molar-refractivity contribution is 0.681. The Labute approximate surface area is 135 Å². The van der Waals surface area contributed by atoms with Crippen molar-refractivity contribution in [2.75, 3.05) is 18.4 Å². The number of anilines is 1. The molecule has 0 aliphatic rings. The second kappa shape index (κ2) is 6.75. The van der Waals surface area contributed by atoms with E-state index in [2.05, 4.69) is 29.2 Å². The van der Waals surface area contributed by atoms with Gasteiger partial charge in [0, 0.05) is 19.0 Å². The van der Waals surface area contributed by atoms with Crippen molar-refractivity contribution in [3.05, 3.63) is 42.4 Å². The van der Waals surface area contributed by atoms with Crippen molar-refractivity contribution < 1.29 is 0 Å². The van der Waals surface area contributed by atoms with Gasteiger partial charge in [-0.05, 0) is 18.6 Å². The molecule has 0 saturated heterocycles. The smallest absolute Gasteiger partial charge is 0.168 e.